The molecule has 0 spiro atoms. The van der Waals surface area contributed by atoms with Crippen molar-refractivity contribution in [3.63, 3.8) is 0 Å². The summed E-state index contributed by atoms with van der Waals surface area (Å²) in [5.41, 5.74) is 7.35. The van der Waals surface area contributed by atoms with Gasteiger partial charge in [0.05, 0.1) is 37.0 Å². The Bertz CT molecular complexity index is 2300. The molecule has 11 rings (SSSR count). The predicted octanol–water partition coefficient (Wildman–Crippen LogP) is 11.1. The Balaban J connectivity index is 1.12. The third-order valence-electron chi connectivity index (χ3n) is 13.4. The minimum Gasteiger partial charge on any atom is -0.263 e. The highest BCUT2D eigenvalue weighted by Crippen LogP contribution is 2.51. The SMILES string of the molecule is C(=Cc1ccccc1)CN1C2C3N(CC=Cc4ccccc4)C1C1N(CC=Cc4ccccc4)C(C(N1CC=Cc1ccccc1)N3CC=Cc1ccccc1)N2CC=Cc1ccccc1. The van der Waals surface area contributed by atoms with E-state index in [1.807, 2.05) is 0 Å². The Morgan fingerprint density at radius 2 is 0.348 bits per heavy atom. The molecule has 6 heteroatoms. The molecular weight excluding hydrogens is 805 g/mol. The number of nitrogens with zero attached hydrogens (tertiary/aromatic N) is 6. The average Bonchev–Trinajstić information content (AvgIpc) is 3.80. The van der Waals surface area contributed by atoms with Crippen LogP contribution in [0, 0.1) is 0 Å². The first-order chi connectivity index (χ1) is 32.8. The van der Waals surface area contributed by atoms with Crippen LogP contribution in [-0.2, 0) is 0 Å². The van der Waals surface area contributed by atoms with Gasteiger partial charge in [0.15, 0.2) is 0 Å². The smallest absolute Gasteiger partial charge is 0.0954 e. The quantitative estimate of drug-likeness (QED) is 0.0851. The predicted molar refractivity (Wildman–Crippen MR) is 276 cm³/mol. The Labute approximate surface area is 392 Å². The molecule has 5 aliphatic rings. The van der Waals surface area contributed by atoms with Gasteiger partial charge in [-0.3, -0.25) is 29.4 Å². The van der Waals surface area contributed by atoms with Crippen molar-refractivity contribution in [1.82, 2.24) is 29.4 Å². The van der Waals surface area contributed by atoms with Crippen LogP contribution in [-0.4, -0.2) is 106 Å². The van der Waals surface area contributed by atoms with Gasteiger partial charge in [0.1, 0.15) is 0 Å². The molecule has 5 heterocycles. The van der Waals surface area contributed by atoms with Crippen LogP contribution < -0.4 is 0 Å². The van der Waals surface area contributed by atoms with Crippen molar-refractivity contribution in [2.75, 3.05) is 39.3 Å². The zero-order valence-electron chi connectivity index (χ0n) is 37.6. The van der Waals surface area contributed by atoms with E-state index < -0.39 is 0 Å². The number of piperazine rings is 1. The summed E-state index contributed by atoms with van der Waals surface area (Å²) in [7, 11) is 0. The molecule has 0 atom stereocenters. The van der Waals surface area contributed by atoms with E-state index in [0.717, 1.165) is 39.3 Å². The van der Waals surface area contributed by atoms with E-state index in [2.05, 4.69) is 284 Å². The first-order valence-corrected chi connectivity index (χ1v) is 23.6. The standard InChI is InChI=1S/C60H60N6/c1-7-25-49(26-8-1)37-19-43-61-55-56-62(44-20-38-50-27-9-2-10-28-50)59(61)60-63(45-21-39-51-29-11-3-12-30-51)57(65(55)47-23-41-53-33-15-5-16-34-53)58(64(60)46-22-40-52-31-13-4-14-32-52)66(56)48-24-42-54-35-17-6-18-36-54/h1-42,55-60H,43-48H2. The maximum absolute atomic E-state index is 2.85. The normalized spacial score (nSPS) is 24.0. The molecule has 6 aromatic rings. The van der Waals surface area contributed by atoms with E-state index >= 15 is 0 Å². The lowest BCUT2D eigenvalue weighted by Gasteiger charge is -2.55. The zero-order chi connectivity index (χ0) is 44.3. The van der Waals surface area contributed by atoms with Crippen LogP contribution in [0.15, 0.2) is 218 Å². The van der Waals surface area contributed by atoms with Crippen molar-refractivity contribution in [2.24, 2.45) is 0 Å². The van der Waals surface area contributed by atoms with Crippen LogP contribution in [0.5, 0.6) is 0 Å². The van der Waals surface area contributed by atoms with Crippen LogP contribution in [0.2, 0.25) is 0 Å². The van der Waals surface area contributed by atoms with Gasteiger partial charge >= 0.3 is 0 Å². The second kappa shape index (κ2) is 21.2. The molecule has 66 heavy (non-hydrogen) atoms. The van der Waals surface area contributed by atoms with Crippen molar-refractivity contribution < 1.29 is 0 Å². The molecule has 0 radical (unpaired) electrons. The van der Waals surface area contributed by atoms with Crippen molar-refractivity contribution in [3.05, 3.63) is 252 Å². The number of hydrogen-bond acceptors (Lipinski definition) is 6. The molecule has 5 aliphatic heterocycles. The van der Waals surface area contributed by atoms with E-state index in [4.69, 9.17) is 0 Å². The Morgan fingerprint density at radius 3 is 0.485 bits per heavy atom. The van der Waals surface area contributed by atoms with Crippen LogP contribution >= 0.6 is 0 Å². The van der Waals surface area contributed by atoms with Crippen LogP contribution in [0.1, 0.15) is 33.4 Å². The van der Waals surface area contributed by atoms with Gasteiger partial charge in [-0.25, -0.2) is 0 Å². The fourth-order valence-corrected chi connectivity index (χ4v) is 10.7. The maximum atomic E-state index is 2.85. The van der Waals surface area contributed by atoms with Gasteiger partial charge in [-0.15, -0.1) is 0 Å². The highest BCUT2D eigenvalue weighted by Gasteiger charge is 2.70. The summed E-state index contributed by atoms with van der Waals surface area (Å²) >= 11 is 0. The topological polar surface area (TPSA) is 19.4 Å². The van der Waals surface area contributed by atoms with E-state index in [1.54, 1.807) is 0 Å². The van der Waals surface area contributed by atoms with Gasteiger partial charge in [-0.1, -0.05) is 255 Å². The van der Waals surface area contributed by atoms with Crippen LogP contribution in [0.4, 0.5) is 0 Å². The second-order valence-electron chi connectivity index (χ2n) is 17.5. The summed E-state index contributed by atoms with van der Waals surface area (Å²) in [6.45, 7) is 4.93. The van der Waals surface area contributed by atoms with Gasteiger partial charge in [-0.05, 0) is 33.4 Å². The fourth-order valence-electron chi connectivity index (χ4n) is 10.7. The van der Waals surface area contributed by atoms with E-state index in [0.29, 0.717) is 0 Å². The Kier molecular flexibility index (Phi) is 14.0. The molecule has 0 N–H and O–H groups in total. The largest absolute Gasteiger partial charge is 0.263 e. The molecule has 0 saturated carbocycles. The minimum absolute atomic E-state index is 0.0924. The lowest BCUT2D eigenvalue weighted by atomic mass is 10.1. The minimum atomic E-state index is 0.0924. The fraction of sp³-hybridized carbons (Fsp3) is 0.200. The molecule has 0 unspecified atom stereocenters. The summed E-state index contributed by atoms with van der Waals surface area (Å²) in [4.78, 5) is 17.1. The monoisotopic (exact) mass is 864 g/mol. The molecule has 5 fully saturated rings. The molecule has 6 nitrogen and oxygen atoms in total. The number of hydrogen-bond donors (Lipinski definition) is 0. The molecule has 330 valence electrons. The Morgan fingerprint density at radius 1 is 0.212 bits per heavy atom. The van der Waals surface area contributed by atoms with Crippen molar-refractivity contribution >= 4 is 36.5 Å². The molecule has 5 saturated heterocycles. The summed E-state index contributed by atoms with van der Waals surface area (Å²) in [5.74, 6) is 0. The van der Waals surface area contributed by atoms with Gasteiger partial charge in [0.2, 0.25) is 0 Å². The van der Waals surface area contributed by atoms with Gasteiger partial charge in [0.25, 0.3) is 0 Å². The molecule has 0 amide bonds. The van der Waals surface area contributed by atoms with Crippen molar-refractivity contribution in [1.29, 1.82) is 0 Å². The Hall–Kier alpha value is -6.48. The highest BCUT2D eigenvalue weighted by molar-refractivity contribution is 5.53. The lowest BCUT2D eigenvalue weighted by molar-refractivity contribution is -0.142. The third kappa shape index (κ3) is 9.72. The van der Waals surface area contributed by atoms with Gasteiger partial charge in [0, 0.05) is 39.3 Å². The first kappa shape index (κ1) is 43.4. The van der Waals surface area contributed by atoms with Crippen molar-refractivity contribution in [3.8, 4) is 0 Å². The molecule has 0 aromatic heterocycles. The summed E-state index contributed by atoms with van der Waals surface area (Å²) in [6.07, 6.45) is 29.0. The van der Waals surface area contributed by atoms with E-state index in [9.17, 15) is 0 Å². The van der Waals surface area contributed by atoms with Gasteiger partial charge < -0.3 is 0 Å². The van der Waals surface area contributed by atoms with E-state index in [-0.39, 0.29) is 37.0 Å². The average molecular weight is 865 g/mol. The highest BCUT2D eigenvalue weighted by atomic mass is 15.8. The second-order valence-corrected chi connectivity index (χ2v) is 17.5. The van der Waals surface area contributed by atoms with Crippen LogP contribution in [0.3, 0.4) is 0 Å². The summed E-state index contributed by atoms with van der Waals surface area (Å²) < 4.78 is 0. The first-order valence-electron chi connectivity index (χ1n) is 23.6. The lowest BCUT2D eigenvalue weighted by Crippen LogP contribution is -2.74. The molecule has 0 aliphatic carbocycles. The van der Waals surface area contributed by atoms with Crippen LogP contribution in [0.25, 0.3) is 36.5 Å². The molecule has 6 aromatic carbocycles. The zero-order valence-corrected chi connectivity index (χ0v) is 37.6. The van der Waals surface area contributed by atoms with Crippen molar-refractivity contribution in [2.45, 2.75) is 37.0 Å². The summed E-state index contributed by atoms with van der Waals surface area (Å²) in [5, 5.41) is 0. The van der Waals surface area contributed by atoms with E-state index in [1.165, 1.54) is 33.4 Å². The number of benzene rings is 6. The number of rotatable bonds is 18. The van der Waals surface area contributed by atoms with Gasteiger partial charge in [-0.2, -0.15) is 0 Å². The summed E-state index contributed by atoms with van der Waals surface area (Å²) in [6, 6.07) is 64.6. The maximum Gasteiger partial charge on any atom is 0.0954 e. The third-order valence-corrected chi connectivity index (χ3v) is 13.4. The molecule has 6 bridgehead atoms. The molecular formula is C60H60N6.